The first-order chi connectivity index (χ1) is 9.24. The highest BCUT2D eigenvalue weighted by Gasteiger charge is 2.46. The van der Waals surface area contributed by atoms with E-state index >= 15 is 0 Å². The van der Waals surface area contributed by atoms with Crippen LogP contribution in [0, 0.1) is 5.92 Å². The van der Waals surface area contributed by atoms with Gasteiger partial charge >= 0.3 is 0 Å². The van der Waals surface area contributed by atoms with E-state index in [9.17, 15) is 4.79 Å². The fourth-order valence-corrected chi connectivity index (χ4v) is 3.79. The van der Waals surface area contributed by atoms with Crippen LogP contribution in [-0.2, 0) is 10.2 Å². The van der Waals surface area contributed by atoms with Crippen LogP contribution < -0.4 is 10.1 Å². The van der Waals surface area contributed by atoms with E-state index in [2.05, 4.69) is 17.4 Å². The summed E-state index contributed by atoms with van der Waals surface area (Å²) in [5.74, 6) is 1.88. The lowest BCUT2D eigenvalue weighted by atomic mass is 9.59. The number of carbonyl (C=O) groups excluding carboxylic acids is 1. The lowest BCUT2D eigenvalue weighted by Gasteiger charge is -2.47. The number of benzene rings is 1. The number of fused-ring (bicyclic) bond motifs is 1. The molecule has 0 unspecified atom stereocenters. The zero-order chi connectivity index (χ0) is 13.3. The minimum absolute atomic E-state index is 0. The maximum atomic E-state index is 12.0. The van der Waals surface area contributed by atoms with E-state index in [0.29, 0.717) is 18.1 Å². The monoisotopic (exact) mass is 295 g/mol. The van der Waals surface area contributed by atoms with E-state index in [1.165, 1.54) is 5.56 Å². The number of carbonyl (C=O) groups is 1. The lowest BCUT2D eigenvalue weighted by Crippen LogP contribution is -2.51. The third kappa shape index (κ3) is 2.57. The third-order valence-electron chi connectivity index (χ3n) is 4.85. The molecule has 2 fully saturated rings. The fourth-order valence-electron chi connectivity index (χ4n) is 3.79. The molecule has 4 heteroatoms. The van der Waals surface area contributed by atoms with Gasteiger partial charge in [-0.05, 0) is 49.5 Å². The SMILES string of the molecule is COc1cccc([C@]23CCNC[C@@H]2CCC(=O)C3)c1.Cl. The molecule has 1 saturated heterocycles. The Bertz CT molecular complexity index is 491. The van der Waals surface area contributed by atoms with Crippen molar-refractivity contribution in [2.45, 2.75) is 31.1 Å². The van der Waals surface area contributed by atoms with Gasteiger partial charge in [-0.3, -0.25) is 4.79 Å². The summed E-state index contributed by atoms with van der Waals surface area (Å²) >= 11 is 0. The lowest BCUT2D eigenvalue weighted by molar-refractivity contribution is -0.124. The van der Waals surface area contributed by atoms with E-state index in [4.69, 9.17) is 4.74 Å². The molecule has 2 aliphatic rings. The van der Waals surface area contributed by atoms with Crippen LogP contribution in [0.5, 0.6) is 5.75 Å². The van der Waals surface area contributed by atoms with Gasteiger partial charge in [-0.2, -0.15) is 0 Å². The van der Waals surface area contributed by atoms with Gasteiger partial charge in [0.15, 0.2) is 0 Å². The fraction of sp³-hybridized carbons (Fsp3) is 0.562. The number of ether oxygens (including phenoxy) is 1. The number of ketones is 1. The van der Waals surface area contributed by atoms with E-state index in [1.54, 1.807) is 7.11 Å². The first-order valence-corrected chi connectivity index (χ1v) is 7.11. The summed E-state index contributed by atoms with van der Waals surface area (Å²) in [5.41, 5.74) is 1.32. The molecular weight excluding hydrogens is 274 g/mol. The van der Waals surface area contributed by atoms with Crippen molar-refractivity contribution in [3.05, 3.63) is 29.8 Å². The van der Waals surface area contributed by atoms with Gasteiger partial charge in [0.1, 0.15) is 11.5 Å². The van der Waals surface area contributed by atoms with E-state index in [-0.39, 0.29) is 17.8 Å². The average molecular weight is 296 g/mol. The summed E-state index contributed by atoms with van der Waals surface area (Å²) in [6.45, 7) is 2.03. The number of methoxy groups -OCH3 is 1. The largest absolute Gasteiger partial charge is 0.497 e. The molecule has 1 aromatic rings. The summed E-state index contributed by atoms with van der Waals surface area (Å²) in [7, 11) is 1.70. The van der Waals surface area contributed by atoms with Crippen molar-refractivity contribution in [2.24, 2.45) is 5.92 Å². The molecule has 3 rings (SSSR count). The summed E-state index contributed by atoms with van der Waals surface area (Å²) in [6, 6.07) is 8.30. The standard InChI is InChI=1S/C16H21NO2.ClH/c1-19-15-4-2-3-12(9-15)16-7-8-17-11-13(16)5-6-14(18)10-16;/h2-4,9,13,17H,5-8,10-11H2,1H3;1H/t13-,16+;/m0./s1. The Morgan fingerprint density at radius 1 is 1.40 bits per heavy atom. The Kier molecular flexibility index (Phi) is 4.71. The molecule has 1 aliphatic heterocycles. The van der Waals surface area contributed by atoms with Crippen LogP contribution in [0.2, 0.25) is 0 Å². The number of Topliss-reactive ketones (excluding diaryl/α,β-unsaturated/α-hetero) is 1. The predicted molar refractivity (Wildman–Crippen MR) is 81.8 cm³/mol. The summed E-state index contributed by atoms with van der Waals surface area (Å²) in [6.07, 6.45) is 3.52. The molecule has 0 radical (unpaired) electrons. The smallest absolute Gasteiger partial charge is 0.133 e. The summed E-state index contributed by atoms with van der Waals surface area (Å²) in [4.78, 5) is 12.0. The maximum Gasteiger partial charge on any atom is 0.133 e. The van der Waals surface area contributed by atoms with Crippen molar-refractivity contribution in [3.63, 3.8) is 0 Å². The number of hydrogen-bond donors (Lipinski definition) is 1. The highest BCUT2D eigenvalue weighted by Crippen LogP contribution is 2.46. The molecule has 20 heavy (non-hydrogen) atoms. The van der Waals surface area contributed by atoms with Gasteiger partial charge in [0.05, 0.1) is 7.11 Å². The number of piperidine rings is 1. The minimum atomic E-state index is 0. The second-order valence-corrected chi connectivity index (χ2v) is 5.79. The van der Waals surface area contributed by atoms with Gasteiger partial charge < -0.3 is 10.1 Å². The molecule has 1 heterocycles. The van der Waals surface area contributed by atoms with Crippen LogP contribution >= 0.6 is 12.4 Å². The van der Waals surface area contributed by atoms with Crippen molar-refractivity contribution < 1.29 is 9.53 Å². The summed E-state index contributed by atoms with van der Waals surface area (Å²) in [5, 5.41) is 3.48. The molecule has 0 spiro atoms. The first kappa shape index (κ1) is 15.3. The zero-order valence-corrected chi connectivity index (χ0v) is 12.7. The van der Waals surface area contributed by atoms with Gasteiger partial charge in [-0.1, -0.05) is 12.1 Å². The van der Waals surface area contributed by atoms with Crippen molar-refractivity contribution >= 4 is 18.2 Å². The normalized spacial score (nSPS) is 29.2. The Hall–Kier alpha value is -1.06. The summed E-state index contributed by atoms with van der Waals surface area (Å²) < 4.78 is 5.35. The maximum absolute atomic E-state index is 12.0. The number of halogens is 1. The van der Waals surface area contributed by atoms with Gasteiger partial charge in [0.25, 0.3) is 0 Å². The van der Waals surface area contributed by atoms with Crippen LogP contribution in [0.3, 0.4) is 0 Å². The second kappa shape index (κ2) is 6.15. The van der Waals surface area contributed by atoms with Gasteiger partial charge in [0, 0.05) is 18.3 Å². The Morgan fingerprint density at radius 3 is 3.05 bits per heavy atom. The van der Waals surface area contributed by atoms with Crippen LogP contribution in [0.1, 0.15) is 31.2 Å². The Balaban J connectivity index is 0.00000147. The van der Waals surface area contributed by atoms with Crippen molar-refractivity contribution in [1.82, 2.24) is 5.32 Å². The molecular formula is C16H22ClNO2. The third-order valence-corrected chi connectivity index (χ3v) is 4.85. The van der Waals surface area contributed by atoms with E-state index in [1.807, 2.05) is 12.1 Å². The zero-order valence-electron chi connectivity index (χ0n) is 11.9. The molecule has 110 valence electrons. The topological polar surface area (TPSA) is 38.3 Å². The Morgan fingerprint density at radius 2 is 2.25 bits per heavy atom. The highest BCUT2D eigenvalue weighted by atomic mass is 35.5. The number of nitrogens with one attached hydrogen (secondary N) is 1. The van der Waals surface area contributed by atoms with E-state index < -0.39 is 0 Å². The quantitative estimate of drug-likeness (QED) is 0.912. The second-order valence-electron chi connectivity index (χ2n) is 5.79. The predicted octanol–water partition coefficient (Wildman–Crippen LogP) is 2.72. The average Bonchev–Trinajstić information content (AvgIpc) is 2.47. The van der Waals surface area contributed by atoms with Crippen molar-refractivity contribution in [3.8, 4) is 5.75 Å². The molecule has 1 N–H and O–H groups in total. The van der Waals surface area contributed by atoms with Crippen LogP contribution in [-0.4, -0.2) is 26.0 Å². The molecule has 0 bridgehead atoms. The van der Waals surface area contributed by atoms with Crippen LogP contribution in [0.25, 0.3) is 0 Å². The first-order valence-electron chi connectivity index (χ1n) is 7.11. The molecule has 1 aromatic carbocycles. The minimum Gasteiger partial charge on any atom is -0.497 e. The van der Waals surface area contributed by atoms with Gasteiger partial charge in [-0.15, -0.1) is 12.4 Å². The molecule has 0 aromatic heterocycles. The van der Waals surface area contributed by atoms with Gasteiger partial charge in [-0.25, -0.2) is 0 Å². The molecule has 0 amide bonds. The molecule has 1 aliphatic carbocycles. The Labute approximate surface area is 126 Å². The van der Waals surface area contributed by atoms with Crippen molar-refractivity contribution in [2.75, 3.05) is 20.2 Å². The number of hydrogen-bond acceptors (Lipinski definition) is 3. The molecule has 3 nitrogen and oxygen atoms in total. The molecule has 1 saturated carbocycles. The van der Waals surface area contributed by atoms with Crippen molar-refractivity contribution in [1.29, 1.82) is 0 Å². The number of rotatable bonds is 2. The van der Waals surface area contributed by atoms with E-state index in [0.717, 1.165) is 38.1 Å². The van der Waals surface area contributed by atoms with Crippen LogP contribution in [0.4, 0.5) is 0 Å². The van der Waals surface area contributed by atoms with Crippen LogP contribution in [0.15, 0.2) is 24.3 Å². The highest BCUT2D eigenvalue weighted by molar-refractivity contribution is 5.85. The van der Waals surface area contributed by atoms with Gasteiger partial charge in [0.2, 0.25) is 0 Å². The molecule has 2 atom stereocenters.